The summed E-state index contributed by atoms with van der Waals surface area (Å²) in [6, 6.07) is 16.1. The molecule has 0 saturated heterocycles. The second-order valence-corrected chi connectivity index (χ2v) is 10.2. The zero-order valence-electron chi connectivity index (χ0n) is 17.8. The number of sulfonamides is 1. The van der Waals surface area contributed by atoms with Crippen LogP contribution in [-0.4, -0.2) is 35.4 Å². The summed E-state index contributed by atoms with van der Waals surface area (Å²) in [5.41, 5.74) is 1.18. The molecule has 0 radical (unpaired) electrons. The first-order chi connectivity index (χ1) is 16.8. The van der Waals surface area contributed by atoms with E-state index in [-0.39, 0.29) is 33.5 Å². The van der Waals surface area contributed by atoms with Gasteiger partial charge >= 0.3 is 0 Å². The molecule has 0 unspecified atom stereocenters. The molecule has 2 amide bonds. The number of hydrogen-bond acceptors (Lipinski definition) is 8. The Labute approximate surface area is 209 Å². The number of aromatic nitrogens is 3. The largest absolute Gasteiger partial charge is 0.348 e. The number of anilines is 2. The molecule has 4 aromatic rings. The summed E-state index contributed by atoms with van der Waals surface area (Å²) in [6.45, 7) is 0.221. The van der Waals surface area contributed by atoms with Crippen molar-refractivity contribution in [3.05, 3.63) is 94.8 Å². The third-order valence-electron chi connectivity index (χ3n) is 4.57. The molecule has 0 saturated carbocycles. The van der Waals surface area contributed by atoms with Crippen molar-refractivity contribution in [2.75, 3.05) is 10.0 Å². The monoisotopic (exact) mass is 528 g/mol. The molecular formula is C22H17ClN6O4S2. The van der Waals surface area contributed by atoms with Crippen molar-refractivity contribution in [1.29, 1.82) is 0 Å². The maximum Gasteiger partial charge on any atom is 0.291 e. The van der Waals surface area contributed by atoms with E-state index in [1.807, 2.05) is 0 Å². The van der Waals surface area contributed by atoms with Gasteiger partial charge in [0.15, 0.2) is 0 Å². The van der Waals surface area contributed by atoms with Gasteiger partial charge in [0.05, 0.1) is 21.8 Å². The highest BCUT2D eigenvalue weighted by atomic mass is 35.5. The summed E-state index contributed by atoms with van der Waals surface area (Å²) >= 11 is 6.67. The average molecular weight is 529 g/mol. The molecule has 2 aromatic carbocycles. The number of amides is 2. The minimum Gasteiger partial charge on any atom is -0.348 e. The first-order valence-electron chi connectivity index (χ1n) is 10.0. The van der Waals surface area contributed by atoms with Crippen LogP contribution in [0.4, 0.5) is 10.8 Å². The summed E-state index contributed by atoms with van der Waals surface area (Å²) in [5.74, 6) is -1.03. The zero-order valence-corrected chi connectivity index (χ0v) is 20.2. The van der Waals surface area contributed by atoms with Gasteiger partial charge in [-0.25, -0.2) is 0 Å². The lowest BCUT2D eigenvalue weighted by Gasteiger charge is -2.11. The molecule has 178 valence electrons. The molecule has 10 nitrogen and oxygen atoms in total. The fourth-order valence-corrected chi connectivity index (χ4v) is 5.12. The number of benzene rings is 2. The lowest BCUT2D eigenvalue weighted by Crippen LogP contribution is -2.25. The van der Waals surface area contributed by atoms with Crippen LogP contribution in [0.5, 0.6) is 0 Å². The second kappa shape index (κ2) is 10.6. The van der Waals surface area contributed by atoms with Crippen LogP contribution in [-0.2, 0) is 16.6 Å². The lowest BCUT2D eigenvalue weighted by atomic mass is 10.1. The molecule has 2 heterocycles. The second-order valence-electron chi connectivity index (χ2n) is 7.00. The van der Waals surface area contributed by atoms with Crippen molar-refractivity contribution < 1.29 is 18.0 Å². The smallest absolute Gasteiger partial charge is 0.291 e. The minimum absolute atomic E-state index is 0.0298. The summed E-state index contributed by atoms with van der Waals surface area (Å²) < 4.78 is 27.8. The molecule has 0 bridgehead atoms. The van der Waals surface area contributed by atoms with Crippen LogP contribution in [0.25, 0.3) is 0 Å². The Morgan fingerprint density at radius 3 is 2.40 bits per heavy atom. The van der Waals surface area contributed by atoms with E-state index in [2.05, 4.69) is 30.5 Å². The maximum atomic E-state index is 12.9. The Kier molecular flexibility index (Phi) is 7.34. The first-order valence-corrected chi connectivity index (χ1v) is 12.7. The topological polar surface area (TPSA) is 143 Å². The van der Waals surface area contributed by atoms with E-state index in [4.69, 9.17) is 11.6 Å². The van der Waals surface area contributed by atoms with E-state index >= 15 is 0 Å². The van der Waals surface area contributed by atoms with Crippen molar-refractivity contribution in [1.82, 2.24) is 20.5 Å². The van der Waals surface area contributed by atoms with Gasteiger partial charge in [-0.1, -0.05) is 53.3 Å². The maximum absolute atomic E-state index is 12.9. The van der Waals surface area contributed by atoms with Crippen LogP contribution < -0.4 is 15.4 Å². The number of nitrogens with one attached hydrogen (secondary N) is 3. The summed E-state index contributed by atoms with van der Waals surface area (Å²) in [6.07, 6.45) is 3.24. The van der Waals surface area contributed by atoms with Crippen molar-refractivity contribution in [2.24, 2.45) is 0 Å². The Bertz CT molecular complexity index is 1480. The number of nitrogens with zero attached hydrogens (tertiary/aromatic N) is 3. The van der Waals surface area contributed by atoms with Crippen LogP contribution in [0.1, 0.15) is 26.3 Å². The number of rotatable bonds is 8. The van der Waals surface area contributed by atoms with Gasteiger partial charge in [-0.2, -0.15) is 8.42 Å². The van der Waals surface area contributed by atoms with Gasteiger partial charge in [0.25, 0.3) is 26.2 Å². The quantitative estimate of drug-likeness (QED) is 0.297. The van der Waals surface area contributed by atoms with Crippen molar-refractivity contribution in [3.8, 4) is 0 Å². The molecule has 0 aliphatic heterocycles. The van der Waals surface area contributed by atoms with Gasteiger partial charge < -0.3 is 5.32 Å². The highest BCUT2D eigenvalue weighted by Crippen LogP contribution is 2.25. The van der Waals surface area contributed by atoms with Crippen LogP contribution in [0.2, 0.25) is 5.02 Å². The molecule has 3 N–H and O–H groups in total. The average Bonchev–Trinajstić information content (AvgIpc) is 3.33. The number of carbonyl (C=O) groups is 2. The van der Waals surface area contributed by atoms with Gasteiger partial charge in [-0.15, -0.1) is 10.2 Å². The molecule has 0 fully saturated rings. The van der Waals surface area contributed by atoms with Crippen molar-refractivity contribution in [3.63, 3.8) is 0 Å². The van der Waals surface area contributed by atoms with Crippen LogP contribution in [0, 0.1) is 0 Å². The van der Waals surface area contributed by atoms with Gasteiger partial charge in [0, 0.05) is 18.9 Å². The first kappa shape index (κ1) is 24.3. The lowest BCUT2D eigenvalue weighted by molar-refractivity contribution is 0.0951. The third-order valence-corrected chi connectivity index (χ3v) is 7.47. The Morgan fingerprint density at radius 1 is 0.914 bits per heavy atom. The molecule has 13 heteroatoms. The standard InChI is InChI=1S/C22H17ClN6O4S2/c23-17-9-3-1-7-15(17)20(31)26-21-27-28-22(34-21)35(32,33)29-18-10-4-2-8-16(18)19(30)25-13-14-6-5-11-24-12-14/h1-12,29H,13H2,(H,25,30)(H,26,27,31). The molecule has 0 atom stereocenters. The highest BCUT2D eigenvalue weighted by molar-refractivity contribution is 7.94. The van der Waals surface area contributed by atoms with Gasteiger partial charge in [0.1, 0.15) is 0 Å². The fraction of sp³-hybridized carbons (Fsp3) is 0.0455. The molecule has 0 aliphatic rings. The van der Waals surface area contributed by atoms with E-state index in [0.717, 1.165) is 5.56 Å². The molecule has 35 heavy (non-hydrogen) atoms. The summed E-state index contributed by atoms with van der Waals surface area (Å²) in [4.78, 5) is 29.1. The molecule has 4 rings (SSSR count). The molecular weight excluding hydrogens is 512 g/mol. The molecule has 2 aromatic heterocycles. The number of halogens is 1. The Balaban J connectivity index is 1.47. The highest BCUT2D eigenvalue weighted by Gasteiger charge is 2.24. The Morgan fingerprint density at radius 2 is 1.66 bits per heavy atom. The van der Waals surface area contributed by atoms with Crippen LogP contribution in [0.15, 0.2) is 77.4 Å². The predicted octanol–water partition coefficient (Wildman–Crippen LogP) is 3.57. The number of pyridine rings is 1. The molecule has 0 aliphatic carbocycles. The molecule has 0 spiro atoms. The van der Waals surface area contributed by atoms with Crippen LogP contribution in [0.3, 0.4) is 0 Å². The summed E-state index contributed by atoms with van der Waals surface area (Å²) in [5, 5.41) is 12.8. The van der Waals surface area contributed by atoms with E-state index in [0.29, 0.717) is 11.3 Å². The van der Waals surface area contributed by atoms with Crippen molar-refractivity contribution >= 4 is 55.6 Å². The van der Waals surface area contributed by atoms with E-state index in [1.54, 1.807) is 54.9 Å². The number of para-hydroxylation sites is 1. The number of carbonyl (C=O) groups excluding carboxylic acids is 2. The Hall–Kier alpha value is -3.87. The normalized spacial score (nSPS) is 11.0. The predicted molar refractivity (Wildman–Crippen MR) is 132 cm³/mol. The summed E-state index contributed by atoms with van der Waals surface area (Å²) in [7, 11) is -4.20. The third kappa shape index (κ3) is 5.98. The van der Waals surface area contributed by atoms with Gasteiger partial charge in [-0.3, -0.25) is 24.6 Å². The van der Waals surface area contributed by atoms with Crippen molar-refractivity contribution in [2.45, 2.75) is 10.9 Å². The van der Waals surface area contributed by atoms with E-state index in [9.17, 15) is 18.0 Å². The minimum atomic E-state index is -4.20. The number of hydrogen-bond donors (Lipinski definition) is 3. The van der Waals surface area contributed by atoms with Gasteiger partial charge in [-0.05, 0) is 35.9 Å². The van der Waals surface area contributed by atoms with Gasteiger partial charge in [0.2, 0.25) is 5.13 Å². The SMILES string of the molecule is O=C(Nc1nnc(S(=O)(=O)Nc2ccccc2C(=O)NCc2cccnc2)s1)c1ccccc1Cl. The van der Waals surface area contributed by atoms with Crippen LogP contribution >= 0.6 is 22.9 Å². The fourth-order valence-electron chi connectivity index (χ4n) is 2.92. The van der Waals surface area contributed by atoms with E-state index < -0.39 is 26.2 Å². The van der Waals surface area contributed by atoms with E-state index in [1.165, 1.54) is 18.2 Å². The zero-order chi connectivity index (χ0) is 24.8.